The second-order valence-electron chi connectivity index (χ2n) is 2.32. The van der Waals surface area contributed by atoms with Gasteiger partial charge in [-0.25, -0.2) is 0 Å². The Kier molecular flexibility index (Phi) is 2.07. The Morgan fingerprint density at radius 1 is 1.75 bits per heavy atom. The van der Waals surface area contributed by atoms with Crippen molar-refractivity contribution in [2.75, 3.05) is 0 Å². The van der Waals surface area contributed by atoms with Crippen molar-refractivity contribution in [3.63, 3.8) is 0 Å². The van der Waals surface area contributed by atoms with Crippen LogP contribution >= 0.6 is 0 Å². The van der Waals surface area contributed by atoms with E-state index < -0.39 is 0 Å². The topological polar surface area (TPSA) is 12.4 Å². The van der Waals surface area contributed by atoms with Crippen molar-refractivity contribution < 1.29 is 0 Å². The average Bonchev–Trinajstić information content (AvgIpc) is 1.90. The van der Waals surface area contributed by atoms with E-state index in [1.54, 1.807) is 0 Å². The number of aliphatic imine (C=N–C) groups is 1. The predicted molar refractivity (Wildman–Crippen MR) is 36.4 cm³/mol. The highest BCUT2D eigenvalue weighted by Crippen LogP contribution is 2.11. The van der Waals surface area contributed by atoms with Crippen molar-refractivity contribution in [2.24, 2.45) is 4.99 Å². The first kappa shape index (κ1) is 5.80. The van der Waals surface area contributed by atoms with Crippen LogP contribution in [0.1, 0.15) is 32.6 Å². The fourth-order valence-electron chi connectivity index (χ4n) is 1.05. The summed E-state index contributed by atoms with van der Waals surface area (Å²) in [7, 11) is 0. The summed E-state index contributed by atoms with van der Waals surface area (Å²) in [6.07, 6.45) is 7.15. The minimum atomic E-state index is 0.656. The molecule has 1 heteroatoms. The monoisotopic (exact) mass is 111 g/mol. The Bertz CT molecular complexity index is 86.4. The molecule has 0 spiro atoms. The second-order valence-corrected chi connectivity index (χ2v) is 2.32. The van der Waals surface area contributed by atoms with Crippen LogP contribution in [-0.2, 0) is 0 Å². The predicted octanol–water partition coefficient (Wildman–Crippen LogP) is 2.02. The summed E-state index contributed by atoms with van der Waals surface area (Å²) in [5.74, 6) is 0. The maximum absolute atomic E-state index is 4.32. The van der Waals surface area contributed by atoms with Crippen LogP contribution in [0.4, 0.5) is 0 Å². The molecule has 0 amide bonds. The van der Waals surface area contributed by atoms with Crippen molar-refractivity contribution in [3.05, 3.63) is 0 Å². The average molecular weight is 111 g/mol. The van der Waals surface area contributed by atoms with E-state index in [2.05, 4.69) is 18.1 Å². The number of hydrogen-bond acceptors (Lipinski definition) is 1. The van der Waals surface area contributed by atoms with Gasteiger partial charge < -0.3 is 0 Å². The van der Waals surface area contributed by atoms with E-state index in [0.29, 0.717) is 6.04 Å². The van der Waals surface area contributed by atoms with Crippen LogP contribution in [0, 0.1) is 0 Å². The zero-order chi connectivity index (χ0) is 5.82. The van der Waals surface area contributed by atoms with Gasteiger partial charge in [-0.05, 0) is 31.9 Å². The molecule has 1 heterocycles. The Morgan fingerprint density at radius 2 is 2.62 bits per heavy atom. The Labute approximate surface area is 50.8 Å². The summed E-state index contributed by atoms with van der Waals surface area (Å²) in [5.41, 5.74) is 0. The van der Waals surface area contributed by atoms with Crippen molar-refractivity contribution >= 4 is 6.21 Å². The van der Waals surface area contributed by atoms with E-state index in [0.717, 1.165) is 0 Å². The van der Waals surface area contributed by atoms with Gasteiger partial charge in [0.25, 0.3) is 0 Å². The first-order chi connectivity index (χ1) is 3.93. The van der Waals surface area contributed by atoms with Gasteiger partial charge in [-0.2, -0.15) is 0 Å². The third-order valence-corrected chi connectivity index (χ3v) is 1.66. The van der Waals surface area contributed by atoms with Gasteiger partial charge >= 0.3 is 0 Å². The zero-order valence-electron chi connectivity index (χ0n) is 5.43. The standard InChI is InChI=1S/C7H13N/c1-2-7-5-3-4-6-8-7/h6-7H,2-5H2,1H3. The smallest absolute Gasteiger partial charge is 0.0493 e. The first-order valence-corrected chi connectivity index (χ1v) is 3.45. The molecule has 0 fully saturated rings. The van der Waals surface area contributed by atoms with Gasteiger partial charge in [0.2, 0.25) is 0 Å². The molecule has 0 bridgehead atoms. The van der Waals surface area contributed by atoms with E-state index in [1.807, 2.05) is 0 Å². The SMILES string of the molecule is CCC1CCCC=N1. The Morgan fingerprint density at radius 3 is 3.00 bits per heavy atom. The molecular formula is C7H13N. The highest BCUT2D eigenvalue weighted by molar-refractivity contribution is 5.58. The third kappa shape index (κ3) is 1.32. The maximum Gasteiger partial charge on any atom is 0.0493 e. The summed E-state index contributed by atoms with van der Waals surface area (Å²) >= 11 is 0. The Hall–Kier alpha value is -0.330. The normalized spacial score (nSPS) is 28.4. The fraction of sp³-hybridized carbons (Fsp3) is 0.857. The van der Waals surface area contributed by atoms with Crippen LogP contribution in [0.2, 0.25) is 0 Å². The molecule has 0 saturated heterocycles. The number of hydrogen-bond donors (Lipinski definition) is 0. The minimum absolute atomic E-state index is 0.656. The van der Waals surface area contributed by atoms with Crippen molar-refractivity contribution in [2.45, 2.75) is 38.6 Å². The molecule has 0 N–H and O–H groups in total. The summed E-state index contributed by atoms with van der Waals surface area (Å²) in [6.45, 7) is 2.20. The summed E-state index contributed by atoms with van der Waals surface area (Å²) in [6, 6.07) is 0.656. The molecule has 46 valence electrons. The molecule has 8 heavy (non-hydrogen) atoms. The van der Waals surface area contributed by atoms with E-state index in [1.165, 1.54) is 25.7 Å². The van der Waals surface area contributed by atoms with Gasteiger partial charge in [0.1, 0.15) is 0 Å². The molecule has 1 atom stereocenters. The van der Waals surface area contributed by atoms with Gasteiger partial charge in [-0.15, -0.1) is 0 Å². The van der Waals surface area contributed by atoms with Gasteiger partial charge in [-0.3, -0.25) is 4.99 Å². The quantitative estimate of drug-likeness (QED) is 0.491. The molecule has 0 aliphatic carbocycles. The van der Waals surface area contributed by atoms with E-state index in [-0.39, 0.29) is 0 Å². The highest BCUT2D eigenvalue weighted by Gasteiger charge is 2.04. The van der Waals surface area contributed by atoms with E-state index >= 15 is 0 Å². The van der Waals surface area contributed by atoms with Gasteiger partial charge in [0, 0.05) is 6.04 Å². The molecular weight excluding hydrogens is 98.1 g/mol. The lowest BCUT2D eigenvalue weighted by atomic mass is 10.1. The molecule has 1 aliphatic heterocycles. The minimum Gasteiger partial charge on any atom is -0.294 e. The third-order valence-electron chi connectivity index (χ3n) is 1.66. The Balaban J connectivity index is 2.32. The molecule has 0 radical (unpaired) electrons. The van der Waals surface area contributed by atoms with Crippen molar-refractivity contribution in [1.29, 1.82) is 0 Å². The van der Waals surface area contributed by atoms with Crippen LogP contribution in [0.3, 0.4) is 0 Å². The number of rotatable bonds is 1. The second kappa shape index (κ2) is 2.85. The molecule has 0 saturated carbocycles. The lowest BCUT2D eigenvalue weighted by Crippen LogP contribution is -2.06. The van der Waals surface area contributed by atoms with E-state index in [4.69, 9.17) is 0 Å². The maximum atomic E-state index is 4.32. The largest absolute Gasteiger partial charge is 0.294 e. The van der Waals surface area contributed by atoms with Crippen molar-refractivity contribution in [1.82, 2.24) is 0 Å². The van der Waals surface area contributed by atoms with Crippen molar-refractivity contribution in [3.8, 4) is 0 Å². The molecule has 1 aliphatic rings. The lowest BCUT2D eigenvalue weighted by molar-refractivity contribution is 0.561. The van der Waals surface area contributed by atoms with Gasteiger partial charge in [-0.1, -0.05) is 6.92 Å². The van der Waals surface area contributed by atoms with Crippen LogP contribution in [-0.4, -0.2) is 12.3 Å². The van der Waals surface area contributed by atoms with Crippen LogP contribution in [0.15, 0.2) is 4.99 Å². The van der Waals surface area contributed by atoms with Crippen LogP contribution in [0.25, 0.3) is 0 Å². The molecule has 1 unspecified atom stereocenters. The first-order valence-electron chi connectivity index (χ1n) is 3.45. The highest BCUT2D eigenvalue weighted by atomic mass is 14.8. The van der Waals surface area contributed by atoms with Crippen LogP contribution < -0.4 is 0 Å². The summed E-state index contributed by atoms with van der Waals surface area (Å²) in [5, 5.41) is 0. The number of nitrogens with zero attached hydrogens (tertiary/aromatic N) is 1. The molecule has 1 nitrogen and oxygen atoms in total. The molecule has 0 aromatic rings. The van der Waals surface area contributed by atoms with Crippen LogP contribution in [0.5, 0.6) is 0 Å². The van der Waals surface area contributed by atoms with E-state index in [9.17, 15) is 0 Å². The zero-order valence-corrected chi connectivity index (χ0v) is 5.43. The fourth-order valence-corrected chi connectivity index (χ4v) is 1.05. The summed E-state index contributed by atoms with van der Waals surface area (Å²) in [4.78, 5) is 4.32. The molecule has 0 aromatic carbocycles. The summed E-state index contributed by atoms with van der Waals surface area (Å²) < 4.78 is 0. The van der Waals surface area contributed by atoms with Gasteiger partial charge in [0.15, 0.2) is 0 Å². The molecule has 0 aromatic heterocycles. The van der Waals surface area contributed by atoms with Gasteiger partial charge in [0.05, 0.1) is 0 Å². The lowest BCUT2D eigenvalue weighted by Gasteiger charge is -2.11. The molecule has 1 rings (SSSR count).